The highest BCUT2D eigenvalue weighted by Gasteiger charge is 2.31. The fourth-order valence-electron chi connectivity index (χ4n) is 4.74. The van der Waals surface area contributed by atoms with Crippen molar-refractivity contribution in [3.63, 3.8) is 0 Å². The van der Waals surface area contributed by atoms with Crippen LogP contribution in [0.1, 0.15) is 20.8 Å². The second kappa shape index (κ2) is 12.0. The van der Waals surface area contributed by atoms with Gasteiger partial charge in [-0.2, -0.15) is 0 Å². The summed E-state index contributed by atoms with van der Waals surface area (Å²) in [6, 6.07) is 14.9. The van der Waals surface area contributed by atoms with Crippen LogP contribution in [0.15, 0.2) is 71.9 Å². The molecule has 3 aromatic carbocycles. The first-order valence-electron chi connectivity index (χ1n) is 13.3. The molecule has 2 heterocycles. The molecular formula is C30H30Cl2N4O5S. The van der Waals surface area contributed by atoms with Gasteiger partial charge in [0.1, 0.15) is 12.1 Å². The van der Waals surface area contributed by atoms with Crippen LogP contribution in [0.4, 0.5) is 11.6 Å². The summed E-state index contributed by atoms with van der Waals surface area (Å²) in [7, 11) is -4.31. The standard InChI is InChI=1S/C30H30Cl2N4O5S/c1-30(2,3)41-28(37)19-36(42(38,39)23-15-21(31)14-22(32)16-23)27-9-5-7-25-24(6-4-8-26(25)27)20-17-33-29(34-18-20)35-10-12-40-13-11-35/h4-9,14-18H,10-13,19H2,1-3H3. The summed E-state index contributed by atoms with van der Waals surface area (Å²) in [4.78, 5) is 24.1. The molecule has 1 aromatic heterocycles. The highest BCUT2D eigenvalue weighted by atomic mass is 35.5. The molecule has 0 atom stereocenters. The van der Waals surface area contributed by atoms with Crippen LogP contribution in [-0.4, -0.2) is 62.8 Å². The lowest BCUT2D eigenvalue weighted by Crippen LogP contribution is -2.39. The van der Waals surface area contributed by atoms with Gasteiger partial charge in [0.15, 0.2) is 0 Å². The van der Waals surface area contributed by atoms with Gasteiger partial charge >= 0.3 is 5.97 Å². The number of ether oxygens (including phenoxy) is 2. The molecule has 1 aliphatic heterocycles. The third-order valence-corrected chi connectivity index (χ3v) is 8.70. The normalized spacial score (nSPS) is 14.2. The van der Waals surface area contributed by atoms with E-state index >= 15 is 0 Å². The second-order valence-corrected chi connectivity index (χ2v) is 13.5. The highest BCUT2D eigenvalue weighted by Crippen LogP contribution is 2.37. The number of hydrogen-bond acceptors (Lipinski definition) is 8. The number of carbonyl (C=O) groups excluding carboxylic acids is 1. The molecule has 0 N–H and O–H groups in total. The molecule has 0 amide bonds. The first kappa shape index (κ1) is 30.0. The third kappa shape index (κ3) is 6.62. The number of nitrogens with zero attached hydrogens (tertiary/aromatic N) is 4. The molecule has 0 saturated carbocycles. The van der Waals surface area contributed by atoms with Gasteiger partial charge in [-0.15, -0.1) is 0 Å². The largest absolute Gasteiger partial charge is 0.459 e. The molecule has 9 nitrogen and oxygen atoms in total. The van der Waals surface area contributed by atoms with Crippen LogP contribution in [0, 0.1) is 0 Å². The van der Waals surface area contributed by atoms with Gasteiger partial charge in [-0.3, -0.25) is 9.10 Å². The number of benzene rings is 3. The van der Waals surface area contributed by atoms with Crippen molar-refractivity contribution in [1.29, 1.82) is 0 Å². The van der Waals surface area contributed by atoms with E-state index in [2.05, 4.69) is 14.9 Å². The minimum absolute atomic E-state index is 0.149. The average molecular weight is 630 g/mol. The number of anilines is 2. The van der Waals surface area contributed by atoms with Gasteiger partial charge in [0, 0.05) is 46.5 Å². The van der Waals surface area contributed by atoms with Gasteiger partial charge in [0.25, 0.3) is 10.0 Å². The lowest BCUT2D eigenvalue weighted by molar-refractivity contribution is -0.152. The number of halogens is 2. The minimum Gasteiger partial charge on any atom is -0.459 e. The van der Waals surface area contributed by atoms with Crippen molar-refractivity contribution >= 4 is 61.6 Å². The van der Waals surface area contributed by atoms with Crippen LogP contribution in [-0.2, 0) is 24.3 Å². The first-order chi connectivity index (χ1) is 19.9. The van der Waals surface area contributed by atoms with Crippen LogP contribution in [0.2, 0.25) is 10.0 Å². The molecule has 0 aliphatic carbocycles. The summed E-state index contributed by atoms with van der Waals surface area (Å²) in [5.74, 6) is -0.0859. The van der Waals surface area contributed by atoms with Crippen molar-refractivity contribution < 1.29 is 22.7 Å². The average Bonchev–Trinajstić information content (AvgIpc) is 2.94. The topological polar surface area (TPSA) is 102 Å². The molecule has 0 unspecified atom stereocenters. The van der Waals surface area contributed by atoms with Crippen LogP contribution in [0.3, 0.4) is 0 Å². The first-order valence-corrected chi connectivity index (χ1v) is 15.5. The summed E-state index contributed by atoms with van der Waals surface area (Å²) in [6.45, 7) is 7.28. The van der Waals surface area contributed by atoms with E-state index in [1.165, 1.54) is 18.2 Å². The Morgan fingerprint density at radius 3 is 2.24 bits per heavy atom. The molecule has 1 aliphatic rings. The molecule has 220 valence electrons. The van der Waals surface area contributed by atoms with Crippen LogP contribution in [0.25, 0.3) is 21.9 Å². The second-order valence-electron chi connectivity index (χ2n) is 10.8. The lowest BCUT2D eigenvalue weighted by atomic mass is 9.99. The van der Waals surface area contributed by atoms with Crippen molar-refractivity contribution in [2.75, 3.05) is 42.1 Å². The number of morpholine rings is 1. The van der Waals surface area contributed by atoms with E-state index in [-0.39, 0.29) is 14.9 Å². The predicted octanol–water partition coefficient (Wildman–Crippen LogP) is 5.98. The van der Waals surface area contributed by atoms with E-state index in [0.717, 1.165) is 33.9 Å². The molecule has 5 rings (SSSR count). The van der Waals surface area contributed by atoms with Crippen molar-refractivity contribution in [3.05, 3.63) is 77.0 Å². The van der Waals surface area contributed by atoms with Crippen molar-refractivity contribution in [2.45, 2.75) is 31.3 Å². The van der Waals surface area contributed by atoms with Gasteiger partial charge in [-0.25, -0.2) is 18.4 Å². The van der Waals surface area contributed by atoms with Gasteiger partial charge in [0.05, 0.1) is 23.8 Å². The van der Waals surface area contributed by atoms with E-state index in [0.29, 0.717) is 30.2 Å². The van der Waals surface area contributed by atoms with E-state index in [1.54, 1.807) is 51.4 Å². The minimum atomic E-state index is -4.31. The van der Waals surface area contributed by atoms with E-state index in [4.69, 9.17) is 32.7 Å². The number of hydrogen-bond donors (Lipinski definition) is 0. The molecule has 1 fully saturated rings. The fraction of sp³-hybridized carbons (Fsp3) is 0.300. The van der Waals surface area contributed by atoms with Crippen molar-refractivity contribution in [1.82, 2.24) is 9.97 Å². The molecule has 42 heavy (non-hydrogen) atoms. The maximum atomic E-state index is 14.1. The van der Waals surface area contributed by atoms with Gasteiger partial charge in [-0.1, -0.05) is 53.5 Å². The predicted molar refractivity (Wildman–Crippen MR) is 165 cm³/mol. The molecule has 0 bridgehead atoms. The molecule has 0 radical (unpaired) electrons. The molecule has 12 heteroatoms. The van der Waals surface area contributed by atoms with Crippen LogP contribution < -0.4 is 9.21 Å². The number of rotatable bonds is 7. The van der Waals surface area contributed by atoms with Gasteiger partial charge < -0.3 is 14.4 Å². The highest BCUT2D eigenvalue weighted by molar-refractivity contribution is 7.93. The lowest BCUT2D eigenvalue weighted by Gasteiger charge is -2.28. The number of sulfonamides is 1. The Hall–Kier alpha value is -3.44. The monoisotopic (exact) mass is 628 g/mol. The van der Waals surface area contributed by atoms with Gasteiger partial charge in [0.2, 0.25) is 5.95 Å². The summed E-state index contributed by atoms with van der Waals surface area (Å²) in [5, 5.41) is 1.66. The van der Waals surface area contributed by atoms with Crippen LogP contribution >= 0.6 is 23.2 Å². The summed E-state index contributed by atoms with van der Waals surface area (Å²) < 4.78 is 40.1. The molecule has 1 saturated heterocycles. The fourth-order valence-corrected chi connectivity index (χ4v) is 6.90. The van der Waals surface area contributed by atoms with Crippen molar-refractivity contribution in [3.8, 4) is 11.1 Å². The smallest absolute Gasteiger partial charge is 0.327 e. The number of fused-ring (bicyclic) bond motifs is 1. The zero-order valence-corrected chi connectivity index (χ0v) is 25.7. The van der Waals surface area contributed by atoms with Crippen LogP contribution in [0.5, 0.6) is 0 Å². The zero-order valence-electron chi connectivity index (χ0n) is 23.4. The Kier molecular flexibility index (Phi) is 8.61. The number of esters is 1. The molecule has 0 spiro atoms. The number of aromatic nitrogens is 2. The maximum Gasteiger partial charge on any atom is 0.327 e. The van der Waals surface area contributed by atoms with Gasteiger partial charge in [-0.05, 0) is 56.0 Å². The SMILES string of the molecule is CC(C)(C)OC(=O)CN(c1cccc2c(-c3cnc(N4CCOCC4)nc3)cccc12)S(=O)(=O)c1cc(Cl)cc(Cl)c1. The molecular weight excluding hydrogens is 599 g/mol. The Balaban J connectivity index is 1.60. The van der Waals surface area contributed by atoms with E-state index < -0.39 is 28.1 Å². The summed E-state index contributed by atoms with van der Waals surface area (Å²) in [5.41, 5.74) is 1.05. The maximum absolute atomic E-state index is 14.1. The Morgan fingerprint density at radius 1 is 0.976 bits per heavy atom. The Labute approximate surface area is 255 Å². The number of carbonyl (C=O) groups is 1. The molecule has 4 aromatic rings. The quantitative estimate of drug-likeness (QED) is 0.230. The Morgan fingerprint density at radius 2 is 1.60 bits per heavy atom. The summed E-state index contributed by atoms with van der Waals surface area (Å²) in [6.07, 6.45) is 3.50. The Bertz CT molecular complexity index is 1700. The van der Waals surface area contributed by atoms with E-state index in [1.807, 2.05) is 18.2 Å². The third-order valence-electron chi connectivity index (χ3n) is 6.53. The van der Waals surface area contributed by atoms with Crippen molar-refractivity contribution in [2.24, 2.45) is 0 Å². The summed E-state index contributed by atoms with van der Waals surface area (Å²) >= 11 is 12.3. The van der Waals surface area contributed by atoms with E-state index in [9.17, 15) is 13.2 Å². The zero-order chi connectivity index (χ0) is 30.1.